The quantitative estimate of drug-likeness (QED) is 0.0882. The third-order valence-electron chi connectivity index (χ3n) is 5.83. The standard InChI is InChI=1S/C32H65FO13/c1-2-3-4-5-7-34-9-11-36-13-15-38-17-19-40-21-23-42-25-27-44-29-31-46-32-30-45-28-26-43-24-22-41-20-18-39-16-14-37-12-10-35-8-6-33/h2-32H2,1H3. The van der Waals surface area contributed by atoms with Crippen LogP contribution in [0.3, 0.4) is 0 Å². The first-order chi connectivity index (χ1) is 22.9. The first-order valence-corrected chi connectivity index (χ1v) is 17.0. The van der Waals surface area contributed by atoms with Gasteiger partial charge >= 0.3 is 0 Å². The van der Waals surface area contributed by atoms with Gasteiger partial charge < -0.3 is 61.6 Å². The average molecular weight is 677 g/mol. The lowest BCUT2D eigenvalue weighted by Gasteiger charge is -2.09. The first-order valence-electron chi connectivity index (χ1n) is 17.0. The molecule has 0 N–H and O–H groups in total. The molecule has 0 aliphatic rings. The summed E-state index contributed by atoms with van der Waals surface area (Å²) in [5.41, 5.74) is 0. The van der Waals surface area contributed by atoms with Gasteiger partial charge in [0.1, 0.15) is 6.67 Å². The molecule has 0 unspecified atom stereocenters. The Bertz CT molecular complexity index is 482. The second-order valence-corrected chi connectivity index (χ2v) is 9.71. The van der Waals surface area contributed by atoms with Crippen LogP contribution in [-0.2, 0) is 61.6 Å². The van der Waals surface area contributed by atoms with Crippen LogP contribution in [0.15, 0.2) is 0 Å². The van der Waals surface area contributed by atoms with Crippen LogP contribution in [0.5, 0.6) is 0 Å². The minimum atomic E-state index is -0.474. The van der Waals surface area contributed by atoms with Crippen molar-refractivity contribution in [1.29, 1.82) is 0 Å². The van der Waals surface area contributed by atoms with Crippen LogP contribution in [0, 0.1) is 0 Å². The van der Waals surface area contributed by atoms with Crippen molar-refractivity contribution in [3.63, 3.8) is 0 Å². The Morgan fingerprint density at radius 1 is 0.239 bits per heavy atom. The van der Waals surface area contributed by atoms with Crippen molar-refractivity contribution >= 4 is 0 Å². The zero-order valence-electron chi connectivity index (χ0n) is 28.6. The van der Waals surface area contributed by atoms with Gasteiger partial charge in [-0.15, -0.1) is 0 Å². The smallest absolute Gasteiger partial charge is 0.113 e. The zero-order valence-corrected chi connectivity index (χ0v) is 28.6. The summed E-state index contributed by atoms with van der Waals surface area (Å²) in [7, 11) is 0. The molecule has 278 valence electrons. The topological polar surface area (TPSA) is 120 Å². The summed E-state index contributed by atoms with van der Waals surface area (Å²) in [4.78, 5) is 0. The third-order valence-corrected chi connectivity index (χ3v) is 5.83. The van der Waals surface area contributed by atoms with Crippen LogP contribution in [0.2, 0.25) is 0 Å². The van der Waals surface area contributed by atoms with E-state index in [0.29, 0.717) is 159 Å². The maximum atomic E-state index is 11.8. The van der Waals surface area contributed by atoms with Crippen LogP contribution >= 0.6 is 0 Å². The fourth-order valence-corrected chi connectivity index (χ4v) is 3.43. The molecule has 0 heterocycles. The maximum absolute atomic E-state index is 11.8. The molecule has 46 heavy (non-hydrogen) atoms. The molecule has 0 aliphatic heterocycles. The van der Waals surface area contributed by atoms with Gasteiger partial charge in [0.15, 0.2) is 0 Å². The molecule has 0 bridgehead atoms. The van der Waals surface area contributed by atoms with E-state index in [1.54, 1.807) is 0 Å². The summed E-state index contributed by atoms with van der Waals surface area (Å²) in [5, 5.41) is 0. The summed E-state index contributed by atoms with van der Waals surface area (Å²) >= 11 is 0. The van der Waals surface area contributed by atoms with Gasteiger partial charge in [0.25, 0.3) is 0 Å². The van der Waals surface area contributed by atoms with E-state index in [0.717, 1.165) is 13.0 Å². The molecule has 0 radical (unpaired) electrons. The number of hydrogen-bond acceptors (Lipinski definition) is 13. The SMILES string of the molecule is CCCCCCOCCOCCOCCOCCOCCOCCOCCOCCOCCOCCOCCOCCOCCF. The van der Waals surface area contributed by atoms with E-state index in [1.165, 1.54) is 19.3 Å². The fourth-order valence-electron chi connectivity index (χ4n) is 3.43. The minimum absolute atomic E-state index is 0.114. The molecule has 0 fully saturated rings. The first kappa shape index (κ1) is 45.4. The van der Waals surface area contributed by atoms with Crippen molar-refractivity contribution in [1.82, 2.24) is 0 Å². The van der Waals surface area contributed by atoms with Crippen molar-refractivity contribution in [2.45, 2.75) is 32.6 Å². The van der Waals surface area contributed by atoms with Gasteiger partial charge in [-0.25, -0.2) is 4.39 Å². The van der Waals surface area contributed by atoms with Gasteiger partial charge in [-0.3, -0.25) is 0 Å². The predicted molar refractivity (Wildman–Crippen MR) is 171 cm³/mol. The van der Waals surface area contributed by atoms with Crippen LogP contribution in [0.1, 0.15) is 32.6 Å². The number of rotatable bonds is 43. The number of unbranched alkanes of at least 4 members (excludes halogenated alkanes) is 3. The largest absolute Gasteiger partial charge is 0.379 e. The Hall–Kier alpha value is -0.590. The second-order valence-electron chi connectivity index (χ2n) is 9.71. The highest BCUT2D eigenvalue weighted by Crippen LogP contribution is 1.98. The van der Waals surface area contributed by atoms with Gasteiger partial charge in [0, 0.05) is 6.61 Å². The van der Waals surface area contributed by atoms with Crippen LogP contribution in [0.25, 0.3) is 0 Å². The Morgan fingerprint density at radius 3 is 0.630 bits per heavy atom. The van der Waals surface area contributed by atoms with Crippen molar-refractivity contribution in [3.8, 4) is 0 Å². The zero-order chi connectivity index (χ0) is 33.1. The van der Waals surface area contributed by atoms with E-state index < -0.39 is 6.67 Å². The van der Waals surface area contributed by atoms with Crippen molar-refractivity contribution in [3.05, 3.63) is 0 Å². The lowest BCUT2D eigenvalue weighted by molar-refractivity contribution is -0.0291. The Labute approximate surface area is 277 Å². The van der Waals surface area contributed by atoms with E-state index >= 15 is 0 Å². The second kappa shape index (κ2) is 44.4. The molecule has 0 saturated carbocycles. The summed E-state index contributed by atoms with van der Waals surface area (Å²) in [6, 6.07) is 0. The molecular formula is C32H65FO13. The number of ether oxygens (including phenoxy) is 13. The van der Waals surface area contributed by atoms with Crippen LogP contribution < -0.4 is 0 Å². The highest BCUT2D eigenvalue weighted by Gasteiger charge is 1.97. The van der Waals surface area contributed by atoms with E-state index in [9.17, 15) is 4.39 Å². The minimum Gasteiger partial charge on any atom is -0.379 e. The normalized spacial score (nSPS) is 11.6. The molecule has 0 aromatic carbocycles. The van der Waals surface area contributed by atoms with E-state index in [-0.39, 0.29) is 6.61 Å². The Balaban J connectivity index is 3.03. The third kappa shape index (κ3) is 43.4. The van der Waals surface area contributed by atoms with Gasteiger partial charge in [0.2, 0.25) is 0 Å². The number of alkyl halides is 1. The summed E-state index contributed by atoms with van der Waals surface area (Å²) < 4.78 is 82.2. The molecule has 0 aromatic heterocycles. The molecule has 0 aliphatic carbocycles. The highest BCUT2D eigenvalue weighted by molar-refractivity contribution is 4.41. The maximum Gasteiger partial charge on any atom is 0.113 e. The van der Waals surface area contributed by atoms with E-state index in [2.05, 4.69) is 6.92 Å². The number of hydrogen-bond donors (Lipinski definition) is 0. The molecule has 0 rings (SSSR count). The Kier molecular flexibility index (Phi) is 43.8. The fraction of sp³-hybridized carbons (Fsp3) is 1.00. The summed E-state index contributed by atoms with van der Waals surface area (Å²) in [6.45, 7) is 14.9. The van der Waals surface area contributed by atoms with Crippen LogP contribution in [0.4, 0.5) is 4.39 Å². The average Bonchev–Trinajstić information content (AvgIpc) is 3.07. The summed E-state index contributed by atoms with van der Waals surface area (Å²) in [6.07, 6.45) is 4.88. The molecular weight excluding hydrogens is 611 g/mol. The monoisotopic (exact) mass is 676 g/mol. The van der Waals surface area contributed by atoms with E-state index in [1.807, 2.05) is 0 Å². The van der Waals surface area contributed by atoms with Gasteiger partial charge in [-0.05, 0) is 6.42 Å². The molecule has 0 spiro atoms. The van der Waals surface area contributed by atoms with Crippen molar-refractivity contribution < 1.29 is 66.0 Å². The van der Waals surface area contributed by atoms with Gasteiger partial charge in [-0.2, -0.15) is 0 Å². The van der Waals surface area contributed by atoms with Gasteiger partial charge in [-0.1, -0.05) is 26.2 Å². The molecule has 0 saturated heterocycles. The Morgan fingerprint density at radius 2 is 0.435 bits per heavy atom. The lowest BCUT2D eigenvalue weighted by atomic mass is 10.2. The van der Waals surface area contributed by atoms with Crippen LogP contribution in [-0.4, -0.2) is 178 Å². The predicted octanol–water partition coefficient (Wildman–Crippen LogP) is 2.75. The highest BCUT2D eigenvalue weighted by atomic mass is 19.1. The lowest BCUT2D eigenvalue weighted by Crippen LogP contribution is -2.15. The molecule has 0 aromatic rings. The molecule has 14 heteroatoms. The van der Waals surface area contributed by atoms with E-state index in [4.69, 9.17) is 61.6 Å². The molecule has 0 amide bonds. The number of halogens is 1. The molecule has 13 nitrogen and oxygen atoms in total. The summed E-state index contributed by atoms with van der Waals surface area (Å²) in [5.74, 6) is 0. The van der Waals surface area contributed by atoms with Crippen molar-refractivity contribution in [2.75, 3.05) is 178 Å². The van der Waals surface area contributed by atoms with Crippen molar-refractivity contribution in [2.24, 2.45) is 0 Å². The van der Waals surface area contributed by atoms with Gasteiger partial charge in [0.05, 0.1) is 165 Å². The molecule has 0 atom stereocenters.